The molecule has 0 bridgehead atoms. The van der Waals surface area contributed by atoms with Gasteiger partial charge in [0.15, 0.2) is 0 Å². The van der Waals surface area contributed by atoms with Crippen molar-refractivity contribution in [3.05, 3.63) is 22.4 Å². The number of nitrogens with zero attached hydrogens (tertiary/aromatic N) is 2. The number of nitriles is 1. The van der Waals surface area contributed by atoms with Crippen LogP contribution in [0.3, 0.4) is 0 Å². The summed E-state index contributed by atoms with van der Waals surface area (Å²) < 4.78 is 0. The summed E-state index contributed by atoms with van der Waals surface area (Å²) in [6.07, 6.45) is 0.938. The number of hydrogen-bond acceptors (Lipinski definition) is 4. The maximum atomic E-state index is 8.89. The van der Waals surface area contributed by atoms with E-state index in [2.05, 4.69) is 35.4 Å². The molecule has 0 saturated carbocycles. The molecule has 0 aliphatic heterocycles. The maximum Gasteiger partial charge on any atom is 0.0666 e. The predicted octanol–water partition coefficient (Wildman–Crippen LogP) is 2.62. The van der Waals surface area contributed by atoms with Crippen molar-refractivity contribution in [2.24, 2.45) is 11.7 Å². The molecule has 94 valence electrons. The second kappa shape index (κ2) is 6.75. The molecular weight excluding hydrogens is 230 g/mol. The van der Waals surface area contributed by atoms with Crippen molar-refractivity contribution in [3.8, 4) is 6.07 Å². The van der Waals surface area contributed by atoms with E-state index in [1.165, 1.54) is 4.88 Å². The van der Waals surface area contributed by atoms with Crippen LogP contribution in [0.4, 0.5) is 0 Å². The lowest BCUT2D eigenvalue weighted by atomic mass is 10.0. The third-order valence-corrected chi connectivity index (χ3v) is 3.91. The van der Waals surface area contributed by atoms with Gasteiger partial charge in [0.05, 0.1) is 18.0 Å². The monoisotopic (exact) mass is 251 g/mol. The first-order valence-electron chi connectivity index (χ1n) is 5.99. The van der Waals surface area contributed by atoms with Gasteiger partial charge in [0, 0.05) is 17.5 Å². The number of rotatable bonds is 6. The van der Waals surface area contributed by atoms with Crippen molar-refractivity contribution >= 4 is 11.3 Å². The molecule has 17 heavy (non-hydrogen) atoms. The molecule has 0 fully saturated rings. The Hall–Kier alpha value is -0.890. The first-order chi connectivity index (χ1) is 8.10. The highest BCUT2D eigenvalue weighted by Crippen LogP contribution is 2.28. The van der Waals surface area contributed by atoms with Gasteiger partial charge in [-0.15, -0.1) is 11.3 Å². The van der Waals surface area contributed by atoms with E-state index in [-0.39, 0.29) is 18.0 Å². The Morgan fingerprint density at radius 1 is 1.59 bits per heavy atom. The molecule has 0 radical (unpaired) electrons. The zero-order chi connectivity index (χ0) is 12.8. The van der Waals surface area contributed by atoms with Crippen LogP contribution in [-0.2, 0) is 0 Å². The molecule has 0 saturated heterocycles. The summed E-state index contributed by atoms with van der Waals surface area (Å²) in [4.78, 5) is 3.49. The molecule has 1 aromatic heterocycles. The molecule has 1 aromatic rings. The Labute approximate surface area is 108 Å². The second-order valence-corrected chi connectivity index (χ2v) is 5.48. The Morgan fingerprint density at radius 2 is 2.29 bits per heavy atom. The highest BCUT2D eigenvalue weighted by atomic mass is 32.1. The zero-order valence-corrected chi connectivity index (χ0v) is 11.6. The Kier molecular flexibility index (Phi) is 5.63. The third kappa shape index (κ3) is 3.81. The van der Waals surface area contributed by atoms with Crippen LogP contribution in [0.2, 0.25) is 0 Å². The molecule has 3 nitrogen and oxygen atoms in total. The zero-order valence-electron chi connectivity index (χ0n) is 10.8. The standard InChI is InChI=1S/C13H21N3S/c1-4-11(15)13(12-6-5-7-17-12)16(3)9-10(2)8-14/h5-7,10-11,13H,4,9,15H2,1-3H3. The van der Waals surface area contributed by atoms with E-state index in [0.29, 0.717) is 0 Å². The van der Waals surface area contributed by atoms with E-state index in [9.17, 15) is 0 Å². The smallest absolute Gasteiger partial charge is 0.0666 e. The average Bonchev–Trinajstić information content (AvgIpc) is 2.82. The number of thiophene rings is 1. The van der Waals surface area contributed by atoms with Crippen LogP contribution in [0, 0.1) is 17.2 Å². The first-order valence-corrected chi connectivity index (χ1v) is 6.87. The minimum Gasteiger partial charge on any atom is -0.326 e. The first kappa shape index (κ1) is 14.2. The van der Waals surface area contributed by atoms with Gasteiger partial charge >= 0.3 is 0 Å². The van der Waals surface area contributed by atoms with E-state index in [0.717, 1.165) is 13.0 Å². The van der Waals surface area contributed by atoms with Crippen molar-refractivity contribution in [1.29, 1.82) is 5.26 Å². The van der Waals surface area contributed by atoms with E-state index in [1.54, 1.807) is 11.3 Å². The van der Waals surface area contributed by atoms with E-state index in [4.69, 9.17) is 11.0 Å². The molecule has 0 spiro atoms. The normalized spacial score (nSPS) is 16.5. The van der Waals surface area contributed by atoms with Crippen molar-refractivity contribution < 1.29 is 0 Å². The summed E-state index contributed by atoms with van der Waals surface area (Å²) in [7, 11) is 2.05. The second-order valence-electron chi connectivity index (χ2n) is 4.50. The van der Waals surface area contributed by atoms with Gasteiger partial charge in [0.2, 0.25) is 0 Å². The molecule has 2 N–H and O–H groups in total. The average molecular weight is 251 g/mol. The Morgan fingerprint density at radius 3 is 2.76 bits per heavy atom. The lowest BCUT2D eigenvalue weighted by molar-refractivity contribution is 0.200. The third-order valence-electron chi connectivity index (χ3n) is 2.97. The van der Waals surface area contributed by atoms with Crippen molar-refractivity contribution in [3.63, 3.8) is 0 Å². The summed E-state index contributed by atoms with van der Waals surface area (Å²) in [6, 6.07) is 6.78. The van der Waals surface area contributed by atoms with Crippen LogP contribution in [-0.4, -0.2) is 24.5 Å². The summed E-state index contributed by atoms with van der Waals surface area (Å²) in [5.41, 5.74) is 6.21. The highest BCUT2D eigenvalue weighted by Gasteiger charge is 2.24. The van der Waals surface area contributed by atoms with Crippen LogP contribution in [0.1, 0.15) is 31.2 Å². The van der Waals surface area contributed by atoms with Crippen LogP contribution in [0.25, 0.3) is 0 Å². The van der Waals surface area contributed by atoms with Crippen LogP contribution >= 0.6 is 11.3 Å². The van der Waals surface area contributed by atoms with Gasteiger partial charge in [-0.05, 0) is 31.8 Å². The fourth-order valence-corrected chi connectivity index (χ4v) is 2.99. The highest BCUT2D eigenvalue weighted by molar-refractivity contribution is 7.10. The Balaban J connectivity index is 2.81. The van der Waals surface area contributed by atoms with Crippen molar-refractivity contribution in [2.45, 2.75) is 32.4 Å². The van der Waals surface area contributed by atoms with E-state index in [1.807, 2.05) is 14.0 Å². The fourth-order valence-electron chi connectivity index (χ4n) is 2.02. The quantitative estimate of drug-likeness (QED) is 0.845. The predicted molar refractivity (Wildman–Crippen MR) is 72.7 cm³/mol. The lowest BCUT2D eigenvalue weighted by Crippen LogP contribution is -2.40. The summed E-state index contributed by atoms with van der Waals surface area (Å²) >= 11 is 1.73. The van der Waals surface area contributed by atoms with Gasteiger partial charge in [-0.3, -0.25) is 4.90 Å². The topological polar surface area (TPSA) is 53.0 Å². The van der Waals surface area contributed by atoms with Crippen LogP contribution in [0.15, 0.2) is 17.5 Å². The van der Waals surface area contributed by atoms with Gasteiger partial charge in [-0.2, -0.15) is 5.26 Å². The van der Waals surface area contributed by atoms with Crippen molar-refractivity contribution in [2.75, 3.05) is 13.6 Å². The number of nitrogens with two attached hydrogens (primary N) is 1. The molecular formula is C13H21N3S. The summed E-state index contributed by atoms with van der Waals surface area (Å²) in [5.74, 6) is 0.0338. The minimum absolute atomic E-state index is 0.0338. The largest absolute Gasteiger partial charge is 0.326 e. The molecule has 3 unspecified atom stereocenters. The Bertz CT molecular complexity index is 355. The SMILES string of the molecule is CCC(N)C(c1cccs1)N(C)CC(C)C#N. The fraction of sp³-hybridized carbons (Fsp3) is 0.615. The number of likely N-dealkylation sites (N-methyl/N-ethyl adjacent to an activating group) is 1. The minimum atomic E-state index is 0.0338. The van der Waals surface area contributed by atoms with Crippen LogP contribution in [0.5, 0.6) is 0 Å². The molecule has 4 heteroatoms. The van der Waals surface area contributed by atoms with Crippen LogP contribution < -0.4 is 5.73 Å². The van der Waals surface area contributed by atoms with Gasteiger partial charge in [-0.1, -0.05) is 13.0 Å². The van der Waals surface area contributed by atoms with Gasteiger partial charge in [-0.25, -0.2) is 0 Å². The van der Waals surface area contributed by atoms with Crippen molar-refractivity contribution in [1.82, 2.24) is 4.90 Å². The summed E-state index contributed by atoms with van der Waals surface area (Å²) in [5, 5.41) is 11.0. The van der Waals surface area contributed by atoms with E-state index < -0.39 is 0 Å². The van der Waals surface area contributed by atoms with Gasteiger partial charge in [0.25, 0.3) is 0 Å². The summed E-state index contributed by atoms with van der Waals surface area (Å²) in [6.45, 7) is 4.80. The molecule has 3 atom stereocenters. The molecule has 0 aliphatic rings. The molecule has 1 rings (SSSR count). The molecule has 0 aromatic carbocycles. The number of hydrogen-bond donors (Lipinski definition) is 1. The van der Waals surface area contributed by atoms with E-state index >= 15 is 0 Å². The molecule has 0 aliphatic carbocycles. The molecule has 0 amide bonds. The lowest BCUT2D eigenvalue weighted by Gasteiger charge is -2.32. The molecule has 1 heterocycles. The maximum absolute atomic E-state index is 8.89. The van der Waals surface area contributed by atoms with Gasteiger partial charge < -0.3 is 5.73 Å². The van der Waals surface area contributed by atoms with Gasteiger partial charge in [0.1, 0.15) is 0 Å².